The smallest absolute Gasteiger partial charge is 0.277 e. The molecular formula is C10H5Br3N2O3. The number of barbiturate groups is 1. The summed E-state index contributed by atoms with van der Waals surface area (Å²) in [6.07, 6.45) is -0.347. The molecule has 0 aliphatic carbocycles. The number of urea groups is 1. The number of nitrogens with one attached hydrogen (secondary N) is 1. The summed E-state index contributed by atoms with van der Waals surface area (Å²) >= 11 is 9.86. The average Bonchev–Trinajstić information content (AvgIpc) is 2.20. The van der Waals surface area contributed by atoms with Crippen molar-refractivity contribution < 1.29 is 14.4 Å². The van der Waals surface area contributed by atoms with E-state index in [1.807, 2.05) is 0 Å². The Morgan fingerprint density at radius 2 is 1.61 bits per heavy atom. The van der Waals surface area contributed by atoms with Gasteiger partial charge in [-0.1, -0.05) is 15.9 Å². The molecule has 0 saturated carbocycles. The molecule has 1 N–H and O–H groups in total. The predicted octanol–water partition coefficient (Wildman–Crippen LogP) is 2.95. The number of anilines is 1. The third-order valence-electron chi connectivity index (χ3n) is 2.22. The largest absolute Gasteiger partial charge is 0.335 e. The SMILES string of the molecule is O=C1CC(=O)N(c2c(Br)cc(Br)cc2Br)C(=O)N1. The quantitative estimate of drug-likeness (QED) is 0.683. The number of carbonyl (C=O) groups excluding carboxylic acids is 3. The van der Waals surface area contributed by atoms with Crippen molar-refractivity contribution in [3.05, 3.63) is 25.6 Å². The van der Waals surface area contributed by atoms with Crippen molar-refractivity contribution in [2.75, 3.05) is 4.90 Å². The monoisotopic (exact) mass is 438 g/mol. The van der Waals surface area contributed by atoms with E-state index in [0.717, 1.165) is 9.37 Å². The van der Waals surface area contributed by atoms with Crippen molar-refractivity contribution >= 4 is 71.3 Å². The fourth-order valence-electron chi connectivity index (χ4n) is 1.52. The van der Waals surface area contributed by atoms with Gasteiger partial charge in [0.05, 0.1) is 5.69 Å². The van der Waals surface area contributed by atoms with E-state index in [0.29, 0.717) is 14.6 Å². The number of rotatable bonds is 1. The van der Waals surface area contributed by atoms with Crippen LogP contribution in [0.3, 0.4) is 0 Å². The van der Waals surface area contributed by atoms with Gasteiger partial charge in [0, 0.05) is 13.4 Å². The van der Waals surface area contributed by atoms with Crippen LogP contribution < -0.4 is 10.2 Å². The molecule has 1 aliphatic heterocycles. The fourth-order valence-corrected chi connectivity index (χ4v) is 4.14. The molecule has 94 valence electrons. The van der Waals surface area contributed by atoms with Crippen LogP contribution in [0.1, 0.15) is 6.42 Å². The van der Waals surface area contributed by atoms with E-state index in [1.165, 1.54) is 0 Å². The van der Waals surface area contributed by atoms with Gasteiger partial charge in [-0.15, -0.1) is 0 Å². The Morgan fingerprint density at radius 3 is 2.11 bits per heavy atom. The average molecular weight is 441 g/mol. The second-order valence-electron chi connectivity index (χ2n) is 3.48. The van der Waals surface area contributed by atoms with Crippen molar-refractivity contribution in [2.24, 2.45) is 0 Å². The van der Waals surface area contributed by atoms with E-state index >= 15 is 0 Å². The Bertz CT molecular complexity index is 530. The topological polar surface area (TPSA) is 66.5 Å². The van der Waals surface area contributed by atoms with Gasteiger partial charge < -0.3 is 0 Å². The van der Waals surface area contributed by atoms with Crippen LogP contribution in [0.4, 0.5) is 10.5 Å². The number of halogens is 3. The number of hydrogen-bond donors (Lipinski definition) is 1. The molecule has 0 atom stereocenters. The van der Waals surface area contributed by atoms with Gasteiger partial charge in [0.25, 0.3) is 0 Å². The molecule has 1 aliphatic rings. The van der Waals surface area contributed by atoms with E-state index < -0.39 is 17.8 Å². The number of carbonyl (C=O) groups is 3. The van der Waals surface area contributed by atoms with Gasteiger partial charge >= 0.3 is 6.03 Å². The zero-order valence-corrected chi connectivity index (χ0v) is 13.4. The zero-order chi connectivity index (χ0) is 13.4. The number of benzene rings is 1. The van der Waals surface area contributed by atoms with Gasteiger partial charge in [0.2, 0.25) is 11.8 Å². The lowest BCUT2D eigenvalue weighted by molar-refractivity contribution is -0.128. The van der Waals surface area contributed by atoms with Gasteiger partial charge in [0.1, 0.15) is 6.42 Å². The van der Waals surface area contributed by atoms with E-state index in [9.17, 15) is 14.4 Å². The highest BCUT2D eigenvalue weighted by molar-refractivity contribution is 9.11. The summed E-state index contributed by atoms with van der Waals surface area (Å²) in [6.45, 7) is 0. The molecule has 0 aromatic heterocycles. The number of hydrogen-bond acceptors (Lipinski definition) is 3. The molecule has 1 aromatic carbocycles. The van der Waals surface area contributed by atoms with Crippen LogP contribution >= 0.6 is 47.8 Å². The maximum Gasteiger partial charge on any atom is 0.335 e. The third-order valence-corrected chi connectivity index (χ3v) is 3.88. The normalized spacial score (nSPS) is 15.9. The molecule has 1 aromatic rings. The molecule has 1 saturated heterocycles. The molecule has 0 radical (unpaired) electrons. The van der Waals surface area contributed by atoms with Crippen molar-refractivity contribution in [1.29, 1.82) is 0 Å². The first kappa shape index (κ1) is 13.7. The minimum atomic E-state index is -0.750. The summed E-state index contributed by atoms with van der Waals surface area (Å²) in [5.74, 6) is -1.15. The minimum absolute atomic E-state index is 0.347. The Labute approximate surface area is 127 Å². The maximum atomic E-state index is 11.8. The number of amides is 4. The van der Waals surface area contributed by atoms with Crippen molar-refractivity contribution in [3.8, 4) is 0 Å². The highest BCUT2D eigenvalue weighted by Gasteiger charge is 2.34. The van der Waals surface area contributed by atoms with E-state index in [1.54, 1.807) is 12.1 Å². The summed E-state index contributed by atoms with van der Waals surface area (Å²) in [4.78, 5) is 35.5. The van der Waals surface area contributed by atoms with Crippen LogP contribution in [0.2, 0.25) is 0 Å². The van der Waals surface area contributed by atoms with Crippen LogP contribution in [0.5, 0.6) is 0 Å². The minimum Gasteiger partial charge on any atom is -0.277 e. The number of nitrogens with zero attached hydrogens (tertiary/aromatic N) is 1. The molecule has 1 heterocycles. The van der Waals surface area contributed by atoms with Gasteiger partial charge in [0.15, 0.2) is 0 Å². The van der Waals surface area contributed by atoms with Crippen molar-refractivity contribution in [1.82, 2.24) is 5.32 Å². The van der Waals surface area contributed by atoms with Gasteiger partial charge in [-0.2, -0.15) is 0 Å². The highest BCUT2D eigenvalue weighted by atomic mass is 79.9. The number of imide groups is 2. The molecule has 0 spiro atoms. The molecule has 4 amide bonds. The van der Waals surface area contributed by atoms with Crippen LogP contribution in [-0.2, 0) is 9.59 Å². The summed E-state index contributed by atoms with van der Waals surface area (Å²) < 4.78 is 1.90. The molecule has 8 heteroatoms. The fraction of sp³-hybridized carbons (Fsp3) is 0.100. The second-order valence-corrected chi connectivity index (χ2v) is 6.10. The Balaban J connectivity index is 2.52. The van der Waals surface area contributed by atoms with Crippen LogP contribution in [0.25, 0.3) is 0 Å². The summed E-state index contributed by atoms with van der Waals surface area (Å²) in [6, 6.07) is 2.66. The second kappa shape index (κ2) is 5.10. The van der Waals surface area contributed by atoms with E-state index in [4.69, 9.17) is 0 Å². The standard InChI is InChI=1S/C10H5Br3N2O3/c11-4-1-5(12)9(6(13)2-4)15-8(17)3-7(16)14-10(15)18/h1-2H,3H2,(H,14,16,18). The van der Waals surface area contributed by atoms with Gasteiger partial charge in [-0.25, -0.2) is 9.69 Å². The molecule has 18 heavy (non-hydrogen) atoms. The Kier molecular flexibility index (Phi) is 3.88. The van der Waals surface area contributed by atoms with Crippen molar-refractivity contribution in [2.45, 2.75) is 6.42 Å². The van der Waals surface area contributed by atoms with Crippen LogP contribution in [-0.4, -0.2) is 17.8 Å². The summed E-state index contributed by atoms with van der Waals surface area (Å²) in [5.41, 5.74) is 0.369. The first-order valence-electron chi connectivity index (χ1n) is 4.71. The molecule has 5 nitrogen and oxygen atoms in total. The summed E-state index contributed by atoms with van der Waals surface area (Å²) in [7, 11) is 0. The lowest BCUT2D eigenvalue weighted by Crippen LogP contribution is -2.53. The third kappa shape index (κ3) is 2.50. The molecular weight excluding hydrogens is 436 g/mol. The van der Waals surface area contributed by atoms with Crippen molar-refractivity contribution in [3.63, 3.8) is 0 Å². The molecule has 2 rings (SSSR count). The Hall–Kier alpha value is -0.730. The maximum absolute atomic E-state index is 11.8. The van der Waals surface area contributed by atoms with Gasteiger partial charge in [-0.3, -0.25) is 14.9 Å². The molecule has 0 bridgehead atoms. The summed E-state index contributed by atoms with van der Waals surface area (Å²) in [5, 5.41) is 2.10. The first-order chi connectivity index (χ1) is 8.40. The van der Waals surface area contributed by atoms with Crippen LogP contribution in [0, 0.1) is 0 Å². The van der Waals surface area contributed by atoms with E-state index in [2.05, 4.69) is 53.1 Å². The zero-order valence-electron chi connectivity index (χ0n) is 8.67. The first-order valence-corrected chi connectivity index (χ1v) is 7.09. The van der Waals surface area contributed by atoms with Crippen LogP contribution in [0.15, 0.2) is 25.6 Å². The van der Waals surface area contributed by atoms with E-state index in [-0.39, 0.29) is 6.42 Å². The predicted molar refractivity (Wildman–Crippen MR) is 75.2 cm³/mol. The lowest BCUT2D eigenvalue weighted by Gasteiger charge is -2.26. The highest BCUT2D eigenvalue weighted by Crippen LogP contribution is 2.38. The molecule has 0 unspecified atom stereocenters. The lowest BCUT2D eigenvalue weighted by atomic mass is 10.2. The molecule has 1 fully saturated rings. The Morgan fingerprint density at radius 1 is 1.06 bits per heavy atom. The van der Waals surface area contributed by atoms with Gasteiger partial charge in [-0.05, 0) is 44.0 Å².